The zero-order valence-corrected chi connectivity index (χ0v) is 14.9. The molecule has 4 rings (SSSR count). The van der Waals surface area contributed by atoms with Crippen molar-refractivity contribution in [3.8, 4) is 0 Å². The van der Waals surface area contributed by atoms with Crippen LogP contribution < -0.4 is 10.6 Å². The van der Waals surface area contributed by atoms with Gasteiger partial charge in [-0.25, -0.2) is 9.38 Å². The Bertz CT molecular complexity index is 1010. The molecule has 0 unspecified atom stereocenters. The van der Waals surface area contributed by atoms with Gasteiger partial charge in [-0.05, 0) is 43.5 Å². The number of H-pyrrole nitrogens is 1. The average Bonchev–Trinajstić information content (AvgIpc) is 3.06. The summed E-state index contributed by atoms with van der Waals surface area (Å²) in [5.74, 6) is 0.0708. The first kappa shape index (κ1) is 17.2. The highest BCUT2D eigenvalue weighted by Gasteiger charge is 2.18. The Labute approximate surface area is 156 Å². The fraction of sp³-hybridized carbons (Fsp3) is 0.200. The van der Waals surface area contributed by atoms with E-state index in [0.717, 1.165) is 22.4 Å². The Kier molecular flexibility index (Phi) is 4.60. The van der Waals surface area contributed by atoms with E-state index in [1.807, 2.05) is 42.4 Å². The number of aromatic nitrogens is 1. The highest BCUT2D eigenvalue weighted by Crippen LogP contribution is 2.21. The highest BCUT2D eigenvalue weighted by atomic mass is 19.1. The van der Waals surface area contributed by atoms with Crippen LogP contribution in [0.3, 0.4) is 0 Å². The number of hydrogen-bond acceptors (Lipinski definition) is 4. The fourth-order valence-electron chi connectivity index (χ4n) is 3.17. The van der Waals surface area contributed by atoms with E-state index < -0.39 is 0 Å². The number of nitrogens with zero attached hydrogens (tertiary/aromatic N) is 2. The molecule has 1 aromatic heterocycles. The maximum Gasteiger partial charge on any atom is 0.269 e. The molecule has 7 heteroatoms. The third-order valence-electron chi connectivity index (χ3n) is 4.52. The molecule has 27 heavy (non-hydrogen) atoms. The standard InChI is InChI=1S/C20H20FN5O/c1-22-12-15-8-13-9-16(21)14(10-18(13)24-15)11-23-20(27)17-5-7-26-6-3-2-4-19(26)25-17/h2-6,8-10,22,24H,7,11-12H2,1H3,(H,23,27). The lowest BCUT2D eigenvalue weighted by Crippen LogP contribution is -2.32. The SMILES string of the molecule is CNCc1cc2cc(F)c(CNC(=O)C3=CCN4C=CC=CC4=N3)cc2[nH]1. The number of rotatable bonds is 5. The second kappa shape index (κ2) is 7.20. The Morgan fingerprint density at radius 1 is 1.30 bits per heavy atom. The quantitative estimate of drug-likeness (QED) is 0.761. The summed E-state index contributed by atoms with van der Waals surface area (Å²) in [6.07, 6.45) is 9.31. The summed E-state index contributed by atoms with van der Waals surface area (Å²) in [5.41, 5.74) is 2.60. The summed E-state index contributed by atoms with van der Waals surface area (Å²) in [5, 5.41) is 6.63. The number of allylic oxidation sites excluding steroid dienone is 2. The van der Waals surface area contributed by atoms with Crippen LogP contribution in [-0.2, 0) is 17.9 Å². The number of benzene rings is 1. The first-order valence-corrected chi connectivity index (χ1v) is 8.77. The lowest BCUT2D eigenvalue weighted by Gasteiger charge is -2.24. The van der Waals surface area contributed by atoms with Crippen molar-refractivity contribution in [1.82, 2.24) is 20.5 Å². The molecule has 3 heterocycles. The van der Waals surface area contributed by atoms with Gasteiger partial charge in [0, 0.05) is 48.0 Å². The molecule has 0 aliphatic carbocycles. The summed E-state index contributed by atoms with van der Waals surface area (Å²) in [4.78, 5) is 22.0. The number of halogens is 1. The molecule has 0 spiro atoms. The second-order valence-electron chi connectivity index (χ2n) is 6.45. The van der Waals surface area contributed by atoms with Crippen molar-refractivity contribution in [2.24, 2.45) is 4.99 Å². The molecule has 0 saturated carbocycles. The molecule has 0 fully saturated rings. The van der Waals surface area contributed by atoms with E-state index in [1.165, 1.54) is 6.07 Å². The monoisotopic (exact) mass is 365 g/mol. The molecule has 138 valence electrons. The third kappa shape index (κ3) is 3.54. The number of aliphatic imine (C=N–C) groups is 1. The van der Waals surface area contributed by atoms with Gasteiger partial charge >= 0.3 is 0 Å². The molecule has 1 aromatic carbocycles. The summed E-state index contributed by atoms with van der Waals surface area (Å²) in [7, 11) is 1.86. The Hall–Kier alpha value is -3.19. The van der Waals surface area contributed by atoms with Crippen molar-refractivity contribution in [1.29, 1.82) is 0 Å². The van der Waals surface area contributed by atoms with Gasteiger partial charge in [0.05, 0.1) is 0 Å². The van der Waals surface area contributed by atoms with E-state index in [0.29, 0.717) is 24.4 Å². The van der Waals surface area contributed by atoms with Crippen molar-refractivity contribution >= 4 is 22.6 Å². The summed E-state index contributed by atoms with van der Waals surface area (Å²) in [6, 6.07) is 5.14. The van der Waals surface area contributed by atoms with Crippen molar-refractivity contribution in [2.45, 2.75) is 13.1 Å². The number of carbonyl (C=O) groups is 1. The average molecular weight is 365 g/mol. The highest BCUT2D eigenvalue weighted by molar-refractivity contribution is 6.02. The predicted molar refractivity (Wildman–Crippen MR) is 103 cm³/mol. The molecule has 0 atom stereocenters. The molecule has 2 aromatic rings. The Balaban J connectivity index is 1.46. The van der Waals surface area contributed by atoms with E-state index in [1.54, 1.807) is 12.1 Å². The zero-order valence-electron chi connectivity index (χ0n) is 14.9. The van der Waals surface area contributed by atoms with Crippen LogP contribution in [-0.4, -0.2) is 35.2 Å². The number of amides is 1. The van der Waals surface area contributed by atoms with Crippen LogP contribution >= 0.6 is 0 Å². The molecule has 2 aliphatic heterocycles. The van der Waals surface area contributed by atoms with Crippen LogP contribution in [0.1, 0.15) is 11.3 Å². The molecule has 3 N–H and O–H groups in total. The van der Waals surface area contributed by atoms with Crippen molar-refractivity contribution in [2.75, 3.05) is 13.6 Å². The largest absolute Gasteiger partial charge is 0.357 e. The van der Waals surface area contributed by atoms with Crippen LogP contribution in [0.2, 0.25) is 0 Å². The minimum Gasteiger partial charge on any atom is -0.357 e. The molecule has 0 radical (unpaired) electrons. The Morgan fingerprint density at radius 2 is 2.19 bits per heavy atom. The zero-order chi connectivity index (χ0) is 18.8. The molecule has 0 saturated heterocycles. The van der Waals surface area contributed by atoms with E-state index in [2.05, 4.69) is 20.6 Å². The summed E-state index contributed by atoms with van der Waals surface area (Å²) >= 11 is 0. The molecule has 1 amide bonds. The van der Waals surface area contributed by atoms with Crippen molar-refractivity contribution < 1.29 is 9.18 Å². The lowest BCUT2D eigenvalue weighted by atomic mass is 10.1. The van der Waals surface area contributed by atoms with Gasteiger partial charge in [0.1, 0.15) is 17.3 Å². The number of amidine groups is 1. The van der Waals surface area contributed by atoms with E-state index >= 15 is 0 Å². The molecule has 0 bridgehead atoms. The van der Waals surface area contributed by atoms with Gasteiger partial charge in [0.15, 0.2) is 0 Å². The van der Waals surface area contributed by atoms with Crippen molar-refractivity contribution in [3.05, 3.63) is 71.5 Å². The van der Waals surface area contributed by atoms with Gasteiger partial charge in [-0.1, -0.05) is 6.08 Å². The predicted octanol–water partition coefficient (Wildman–Crippen LogP) is 2.32. The number of nitrogens with one attached hydrogen (secondary N) is 3. The third-order valence-corrected chi connectivity index (χ3v) is 4.52. The van der Waals surface area contributed by atoms with Gasteiger partial charge in [-0.3, -0.25) is 4.79 Å². The van der Waals surface area contributed by atoms with E-state index in [9.17, 15) is 9.18 Å². The van der Waals surface area contributed by atoms with Crippen LogP contribution in [0.5, 0.6) is 0 Å². The first-order chi connectivity index (χ1) is 13.1. The Morgan fingerprint density at radius 3 is 3.04 bits per heavy atom. The van der Waals surface area contributed by atoms with Crippen LogP contribution in [0.4, 0.5) is 4.39 Å². The molecule has 2 aliphatic rings. The maximum absolute atomic E-state index is 14.4. The van der Waals surface area contributed by atoms with E-state index in [4.69, 9.17) is 0 Å². The number of fused-ring (bicyclic) bond motifs is 2. The van der Waals surface area contributed by atoms with E-state index in [-0.39, 0.29) is 18.3 Å². The van der Waals surface area contributed by atoms with Gasteiger partial charge in [0.2, 0.25) is 0 Å². The number of hydrogen-bond donors (Lipinski definition) is 3. The normalized spacial score (nSPS) is 15.6. The molecular formula is C20H20FN5O. The molecule has 6 nitrogen and oxygen atoms in total. The second-order valence-corrected chi connectivity index (χ2v) is 6.45. The minimum atomic E-state index is -0.340. The number of carbonyl (C=O) groups excluding carboxylic acids is 1. The summed E-state index contributed by atoms with van der Waals surface area (Å²) in [6.45, 7) is 1.36. The number of aromatic amines is 1. The van der Waals surface area contributed by atoms with Crippen LogP contribution in [0.15, 0.2) is 59.4 Å². The van der Waals surface area contributed by atoms with Crippen LogP contribution in [0, 0.1) is 5.82 Å². The fourth-order valence-corrected chi connectivity index (χ4v) is 3.17. The first-order valence-electron chi connectivity index (χ1n) is 8.77. The molecular weight excluding hydrogens is 345 g/mol. The van der Waals surface area contributed by atoms with Gasteiger partial charge < -0.3 is 20.5 Å². The minimum absolute atomic E-state index is 0.0998. The topological polar surface area (TPSA) is 72.5 Å². The van der Waals surface area contributed by atoms with Gasteiger partial charge in [-0.15, -0.1) is 0 Å². The van der Waals surface area contributed by atoms with Crippen LogP contribution in [0.25, 0.3) is 10.9 Å². The maximum atomic E-state index is 14.4. The van der Waals surface area contributed by atoms with Gasteiger partial charge in [0.25, 0.3) is 5.91 Å². The van der Waals surface area contributed by atoms with Crippen molar-refractivity contribution in [3.63, 3.8) is 0 Å². The van der Waals surface area contributed by atoms with Gasteiger partial charge in [-0.2, -0.15) is 0 Å². The summed E-state index contributed by atoms with van der Waals surface area (Å²) < 4.78 is 14.4. The smallest absolute Gasteiger partial charge is 0.269 e. The lowest BCUT2D eigenvalue weighted by molar-refractivity contribution is -0.117.